The molecular formula is C13H12N2O2S2. The normalized spacial score (nSPS) is 16.9. The van der Waals surface area contributed by atoms with Crippen LogP contribution in [0.25, 0.3) is 0 Å². The quantitative estimate of drug-likeness (QED) is 0.854. The minimum absolute atomic E-state index is 0.305. The minimum Gasteiger partial charge on any atom is -0.249 e. The molecule has 0 amide bonds. The van der Waals surface area contributed by atoms with Gasteiger partial charge in [0.2, 0.25) is 0 Å². The predicted octanol–water partition coefficient (Wildman–Crippen LogP) is 3.00. The first-order valence-corrected chi connectivity index (χ1v) is 8.15. The van der Waals surface area contributed by atoms with Gasteiger partial charge in [0.15, 0.2) is 0 Å². The molecule has 0 aliphatic carbocycles. The molecule has 0 atom stereocenters. The van der Waals surface area contributed by atoms with Gasteiger partial charge in [-0.05, 0) is 12.5 Å². The van der Waals surface area contributed by atoms with E-state index in [0.29, 0.717) is 23.0 Å². The van der Waals surface area contributed by atoms with Crippen molar-refractivity contribution in [1.82, 2.24) is 4.31 Å². The van der Waals surface area contributed by atoms with E-state index in [1.165, 1.54) is 15.6 Å². The molecule has 98 valence electrons. The van der Waals surface area contributed by atoms with Gasteiger partial charge in [0, 0.05) is 10.8 Å². The van der Waals surface area contributed by atoms with Crippen molar-refractivity contribution in [2.75, 3.05) is 0 Å². The lowest BCUT2D eigenvalue weighted by Gasteiger charge is -2.26. The van der Waals surface area contributed by atoms with Crippen LogP contribution in [0.3, 0.4) is 0 Å². The topological polar surface area (TPSA) is 49.7 Å². The number of amidine groups is 1. The molecule has 1 aromatic carbocycles. The molecule has 0 unspecified atom stereocenters. The van der Waals surface area contributed by atoms with Gasteiger partial charge >= 0.3 is 0 Å². The third kappa shape index (κ3) is 2.06. The second kappa shape index (κ2) is 4.47. The maximum atomic E-state index is 12.5. The van der Waals surface area contributed by atoms with Crippen LogP contribution < -0.4 is 0 Å². The SMILES string of the molecule is CC1=Nc2cscc2S(=O)(=O)N1Cc1ccccc1. The summed E-state index contributed by atoms with van der Waals surface area (Å²) in [6.07, 6.45) is 0. The number of aliphatic imine (C=N–C) groups is 1. The highest BCUT2D eigenvalue weighted by Crippen LogP contribution is 2.35. The second-order valence-corrected chi connectivity index (χ2v) is 6.85. The van der Waals surface area contributed by atoms with Crippen LogP contribution in [0.15, 0.2) is 51.0 Å². The second-order valence-electron chi connectivity index (χ2n) is 4.28. The Balaban J connectivity index is 2.03. The molecule has 6 heteroatoms. The van der Waals surface area contributed by atoms with Crippen LogP contribution in [0.2, 0.25) is 0 Å². The number of hydrogen-bond donors (Lipinski definition) is 0. The van der Waals surface area contributed by atoms with E-state index in [2.05, 4.69) is 4.99 Å². The van der Waals surface area contributed by atoms with Crippen molar-refractivity contribution < 1.29 is 8.42 Å². The Bertz CT molecular complexity index is 733. The molecule has 1 aliphatic rings. The third-order valence-electron chi connectivity index (χ3n) is 2.99. The molecule has 0 bridgehead atoms. The Morgan fingerprint density at radius 2 is 1.95 bits per heavy atom. The molecule has 2 heterocycles. The fraction of sp³-hybridized carbons (Fsp3) is 0.154. The van der Waals surface area contributed by atoms with Crippen LogP contribution in [0.5, 0.6) is 0 Å². The van der Waals surface area contributed by atoms with Crippen molar-refractivity contribution in [3.05, 3.63) is 46.7 Å². The molecule has 0 N–H and O–H groups in total. The summed E-state index contributed by atoms with van der Waals surface area (Å²) >= 11 is 1.36. The number of thiophene rings is 1. The summed E-state index contributed by atoms with van der Waals surface area (Å²) in [5.41, 5.74) is 1.49. The predicted molar refractivity (Wildman–Crippen MR) is 76.3 cm³/mol. The highest BCUT2D eigenvalue weighted by molar-refractivity contribution is 7.90. The van der Waals surface area contributed by atoms with Gasteiger partial charge < -0.3 is 0 Å². The lowest BCUT2D eigenvalue weighted by molar-refractivity contribution is 0.514. The molecule has 0 fully saturated rings. The molecule has 0 saturated heterocycles. The zero-order valence-corrected chi connectivity index (χ0v) is 11.9. The molecule has 0 radical (unpaired) electrons. The van der Waals surface area contributed by atoms with Crippen molar-refractivity contribution >= 4 is 32.9 Å². The average molecular weight is 292 g/mol. The van der Waals surface area contributed by atoms with Crippen molar-refractivity contribution in [2.24, 2.45) is 4.99 Å². The smallest absolute Gasteiger partial charge is 0.249 e. The molecule has 1 aliphatic heterocycles. The van der Waals surface area contributed by atoms with Crippen molar-refractivity contribution in [3.63, 3.8) is 0 Å². The van der Waals surface area contributed by atoms with Crippen LogP contribution in [-0.4, -0.2) is 18.6 Å². The number of hydrogen-bond acceptors (Lipinski definition) is 4. The number of rotatable bonds is 2. The third-order valence-corrected chi connectivity index (χ3v) is 5.72. The van der Waals surface area contributed by atoms with E-state index in [-0.39, 0.29) is 0 Å². The van der Waals surface area contributed by atoms with E-state index >= 15 is 0 Å². The molecule has 3 rings (SSSR count). The summed E-state index contributed by atoms with van der Waals surface area (Å²) in [6.45, 7) is 2.04. The largest absolute Gasteiger partial charge is 0.268 e. The first kappa shape index (κ1) is 12.4. The summed E-state index contributed by atoms with van der Waals surface area (Å²) in [5.74, 6) is 0.509. The number of fused-ring (bicyclic) bond motifs is 1. The van der Waals surface area contributed by atoms with E-state index in [9.17, 15) is 8.42 Å². The molecule has 4 nitrogen and oxygen atoms in total. The number of benzene rings is 1. The summed E-state index contributed by atoms with van der Waals surface area (Å²) in [6, 6.07) is 9.52. The van der Waals surface area contributed by atoms with Gasteiger partial charge in [0.25, 0.3) is 10.0 Å². The highest BCUT2D eigenvalue weighted by Gasteiger charge is 2.32. The molecule has 2 aromatic rings. The van der Waals surface area contributed by atoms with Gasteiger partial charge in [-0.3, -0.25) is 0 Å². The van der Waals surface area contributed by atoms with Crippen molar-refractivity contribution in [3.8, 4) is 0 Å². The van der Waals surface area contributed by atoms with E-state index < -0.39 is 10.0 Å². The summed E-state index contributed by atoms with van der Waals surface area (Å²) < 4.78 is 26.4. The van der Waals surface area contributed by atoms with Crippen molar-refractivity contribution in [1.29, 1.82) is 0 Å². The van der Waals surface area contributed by atoms with E-state index in [1.807, 2.05) is 30.3 Å². The first-order valence-electron chi connectivity index (χ1n) is 5.77. The van der Waals surface area contributed by atoms with E-state index in [0.717, 1.165) is 5.56 Å². The maximum absolute atomic E-state index is 12.5. The number of nitrogens with zero attached hydrogens (tertiary/aromatic N) is 2. The maximum Gasteiger partial charge on any atom is 0.268 e. The Kier molecular flexibility index (Phi) is 2.91. The molecule has 1 aromatic heterocycles. The van der Waals surface area contributed by atoms with Gasteiger partial charge in [0.1, 0.15) is 10.7 Å². The summed E-state index contributed by atoms with van der Waals surface area (Å²) in [5, 5.41) is 3.40. The van der Waals surface area contributed by atoms with Crippen LogP contribution in [0.1, 0.15) is 12.5 Å². The van der Waals surface area contributed by atoms with Crippen LogP contribution in [-0.2, 0) is 16.6 Å². The van der Waals surface area contributed by atoms with Crippen LogP contribution in [0, 0.1) is 0 Å². The van der Waals surface area contributed by atoms with E-state index in [1.54, 1.807) is 17.7 Å². The zero-order chi connectivity index (χ0) is 13.5. The summed E-state index contributed by atoms with van der Waals surface area (Å²) in [7, 11) is -3.47. The van der Waals surface area contributed by atoms with Crippen molar-refractivity contribution in [2.45, 2.75) is 18.4 Å². The Morgan fingerprint density at radius 1 is 1.21 bits per heavy atom. The van der Waals surface area contributed by atoms with Gasteiger partial charge in [-0.1, -0.05) is 30.3 Å². The van der Waals surface area contributed by atoms with Gasteiger partial charge in [0.05, 0.1) is 12.2 Å². The van der Waals surface area contributed by atoms with Crippen LogP contribution in [0.4, 0.5) is 5.69 Å². The fourth-order valence-electron chi connectivity index (χ4n) is 2.02. The highest BCUT2D eigenvalue weighted by atomic mass is 32.2. The van der Waals surface area contributed by atoms with Gasteiger partial charge in [-0.2, -0.15) is 0 Å². The fourth-order valence-corrected chi connectivity index (χ4v) is 4.69. The summed E-state index contributed by atoms with van der Waals surface area (Å²) in [4.78, 5) is 4.66. The monoisotopic (exact) mass is 292 g/mol. The van der Waals surface area contributed by atoms with Gasteiger partial charge in [-0.25, -0.2) is 17.7 Å². The molecule has 0 saturated carbocycles. The minimum atomic E-state index is -3.47. The Morgan fingerprint density at radius 3 is 2.68 bits per heavy atom. The molecule has 0 spiro atoms. The molecule has 19 heavy (non-hydrogen) atoms. The first-order chi connectivity index (χ1) is 9.09. The lowest BCUT2D eigenvalue weighted by atomic mass is 10.2. The Hall–Kier alpha value is -1.66. The molecular weight excluding hydrogens is 280 g/mol. The van der Waals surface area contributed by atoms with Gasteiger partial charge in [-0.15, -0.1) is 11.3 Å². The average Bonchev–Trinajstić information content (AvgIpc) is 2.85. The Labute approximate surface area is 116 Å². The van der Waals surface area contributed by atoms with Crippen LogP contribution >= 0.6 is 11.3 Å². The number of sulfonamides is 1. The zero-order valence-electron chi connectivity index (χ0n) is 10.3. The lowest BCUT2D eigenvalue weighted by Crippen LogP contribution is -2.36. The standard InChI is InChI=1S/C13H12N2O2S2/c1-10-14-12-8-18-9-13(12)19(16,17)15(10)7-11-5-3-2-4-6-11/h2-6,8-9H,7H2,1H3. The van der Waals surface area contributed by atoms with E-state index in [4.69, 9.17) is 0 Å².